The van der Waals surface area contributed by atoms with E-state index in [0.29, 0.717) is 18.5 Å². The molecule has 0 aliphatic rings. The Morgan fingerprint density at radius 3 is 2.43 bits per heavy atom. The highest BCUT2D eigenvalue weighted by Crippen LogP contribution is 2.29. The van der Waals surface area contributed by atoms with Gasteiger partial charge >= 0.3 is 0 Å². The maximum absolute atomic E-state index is 13.2. The van der Waals surface area contributed by atoms with Gasteiger partial charge in [0, 0.05) is 11.0 Å². The molecule has 0 spiro atoms. The standard InChI is InChI=1S/C23H22BrNO4S/c1-30(27,28)29-14-13-18-9-6-12-21(19-10-5-11-20(24)15-19)22(18)23(26)25-16-17-7-3-2-4-8-17/h2-12,15H,13-14,16H2,1H3,(H,25,26). The molecule has 0 radical (unpaired) electrons. The van der Waals surface area contributed by atoms with Gasteiger partial charge in [0.25, 0.3) is 16.0 Å². The van der Waals surface area contributed by atoms with Gasteiger partial charge in [0.2, 0.25) is 0 Å². The van der Waals surface area contributed by atoms with E-state index >= 15 is 0 Å². The van der Waals surface area contributed by atoms with Crippen LogP contribution in [-0.4, -0.2) is 27.2 Å². The predicted molar refractivity (Wildman–Crippen MR) is 122 cm³/mol. The zero-order chi connectivity index (χ0) is 21.6. The Hall–Kier alpha value is -2.48. The van der Waals surface area contributed by atoms with E-state index in [1.807, 2.05) is 72.8 Å². The molecule has 30 heavy (non-hydrogen) atoms. The lowest BCUT2D eigenvalue weighted by Gasteiger charge is -2.16. The monoisotopic (exact) mass is 487 g/mol. The molecule has 3 aromatic carbocycles. The van der Waals surface area contributed by atoms with Crippen molar-refractivity contribution in [1.82, 2.24) is 5.32 Å². The Morgan fingerprint density at radius 2 is 1.73 bits per heavy atom. The number of halogens is 1. The van der Waals surface area contributed by atoms with E-state index in [0.717, 1.165) is 33.0 Å². The van der Waals surface area contributed by atoms with Gasteiger partial charge in [-0.1, -0.05) is 76.6 Å². The molecule has 0 saturated carbocycles. The van der Waals surface area contributed by atoms with Crippen molar-refractivity contribution < 1.29 is 17.4 Å². The molecular weight excluding hydrogens is 466 g/mol. The minimum absolute atomic E-state index is 0.0280. The van der Waals surface area contributed by atoms with E-state index in [4.69, 9.17) is 4.18 Å². The number of rotatable bonds is 8. The van der Waals surface area contributed by atoms with Gasteiger partial charge in [-0.2, -0.15) is 8.42 Å². The predicted octanol–water partition coefficient (Wildman–Crippen LogP) is 4.56. The van der Waals surface area contributed by atoms with Crippen LogP contribution >= 0.6 is 15.9 Å². The number of benzene rings is 3. The second-order valence-electron chi connectivity index (χ2n) is 6.79. The normalized spacial score (nSPS) is 11.3. The maximum Gasteiger partial charge on any atom is 0.264 e. The zero-order valence-corrected chi connectivity index (χ0v) is 18.9. The molecule has 7 heteroatoms. The van der Waals surface area contributed by atoms with Crippen molar-refractivity contribution in [3.05, 3.63) is 94.0 Å². The van der Waals surface area contributed by atoms with E-state index in [2.05, 4.69) is 21.2 Å². The minimum atomic E-state index is -3.55. The topological polar surface area (TPSA) is 72.5 Å². The molecule has 0 bridgehead atoms. The lowest BCUT2D eigenvalue weighted by atomic mass is 9.93. The van der Waals surface area contributed by atoms with E-state index in [1.54, 1.807) is 0 Å². The highest BCUT2D eigenvalue weighted by Gasteiger charge is 2.18. The SMILES string of the molecule is CS(=O)(=O)OCCc1cccc(-c2cccc(Br)c2)c1C(=O)NCc1ccccc1. The van der Waals surface area contributed by atoms with Gasteiger partial charge in [0.05, 0.1) is 18.4 Å². The van der Waals surface area contributed by atoms with Crippen molar-refractivity contribution in [3.63, 3.8) is 0 Å². The number of nitrogens with one attached hydrogen (secondary N) is 1. The molecule has 3 aromatic rings. The van der Waals surface area contributed by atoms with Gasteiger partial charge < -0.3 is 5.32 Å². The second-order valence-corrected chi connectivity index (χ2v) is 9.35. The Balaban J connectivity index is 1.94. The van der Waals surface area contributed by atoms with Crippen molar-refractivity contribution in [1.29, 1.82) is 0 Å². The summed E-state index contributed by atoms with van der Waals surface area (Å²) in [7, 11) is -3.55. The Kier molecular flexibility index (Phi) is 7.42. The van der Waals surface area contributed by atoms with Gasteiger partial charge in [-0.3, -0.25) is 8.98 Å². The number of amides is 1. The molecule has 0 unspecified atom stereocenters. The third-order valence-electron chi connectivity index (χ3n) is 4.48. The summed E-state index contributed by atoms with van der Waals surface area (Å²) < 4.78 is 28.4. The molecule has 1 amide bonds. The van der Waals surface area contributed by atoms with Crippen LogP contribution in [-0.2, 0) is 27.3 Å². The summed E-state index contributed by atoms with van der Waals surface area (Å²) in [6, 6.07) is 22.9. The molecule has 0 atom stereocenters. The van der Waals surface area contributed by atoms with Gasteiger partial charge in [0.15, 0.2) is 0 Å². The first-order chi connectivity index (χ1) is 14.3. The first kappa shape index (κ1) is 22.2. The third kappa shape index (κ3) is 6.26. The maximum atomic E-state index is 13.2. The molecule has 0 saturated heterocycles. The average Bonchev–Trinajstić information content (AvgIpc) is 2.71. The quantitative estimate of drug-likeness (QED) is 0.472. The van der Waals surface area contributed by atoms with Crippen molar-refractivity contribution in [2.45, 2.75) is 13.0 Å². The van der Waals surface area contributed by atoms with Crippen molar-refractivity contribution >= 4 is 32.0 Å². The van der Waals surface area contributed by atoms with E-state index in [9.17, 15) is 13.2 Å². The molecule has 5 nitrogen and oxygen atoms in total. The molecule has 0 fully saturated rings. The Morgan fingerprint density at radius 1 is 1.00 bits per heavy atom. The van der Waals surface area contributed by atoms with Gasteiger partial charge in [-0.25, -0.2) is 0 Å². The highest BCUT2D eigenvalue weighted by atomic mass is 79.9. The summed E-state index contributed by atoms with van der Waals surface area (Å²) in [5.74, 6) is -0.219. The van der Waals surface area contributed by atoms with Crippen LogP contribution in [0.4, 0.5) is 0 Å². The van der Waals surface area contributed by atoms with Crippen LogP contribution in [0.3, 0.4) is 0 Å². The molecule has 0 aromatic heterocycles. The minimum Gasteiger partial charge on any atom is -0.348 e. The molecule has 0 heterocycles. The van der Waals surface area contributed by atoms with E-state index in [-0.39, 0.29) is 12.5 Å². The number of carbonyl (C=O) groups is 1. The Labute approximate surface area is 185 Å². The van der Waals surface area contributed by atoms with Crippen LogP contribution in [0.2, 0.25) is 0 Å². The Bertz CT molecular complexity index is 1130. The summed E-state index contributed by atoms with van der Waals surface area (Å²) in [6.45, 7) is 0.367. The van der Waals surface area contributed by atoms with Crippen LogP contribution < -0.4 is 5.32 Å². The number of hydrogen-bond donors (Lipinski definition) is 1. The first-order valence-corrected chi connectivity index (χ1v) is 12.0. The van der Waals surface area contributed by atoms with Crippen LogP contribution in [0, 0.1) is 0 Å². The smallest absolute Gasteiger partial charge is 0.264 e. The first-order valence-electron chi connectivity index (χ1n) is 9.38. The number of hydrogen-bond acceptors (Lipinski definition) is 4. The van der Waals surface area contributed by atoms with Crippen molar-refractivity contribution in [2.24, 2.45) is 0 Å². The van der Waals surface area contributed by atoms with Crippen LogP contribution in [0.15, 0.2) is 77.3 Å². The molecule has 3 rings (SSSR count). The molecule has 0 aliphatic carbocycles. The fourth-order valence-electron chi connectivity index (χ4n) is 3.14. The molecule has 0 aliphatic heterocycles. The highest BCUT2D eigenvalue weighted by molar-refractivity contribution is 9.10. The summed E-state index contributed by atoms with van der Waals surface area (Å²) >= 11 is 3.48. The molecule has 1 N–H and O–H groups in total. The van der Waals surface area contributed by atoms with E-state index in [1.165, 1.54) is 0 Å². The fourth-order valence-corrected chi connectivity index (χ4v) is 3.93. The van der Waals surface area contributed by atoms with Crippen LogP contribution in [0.1, 0.15) is 21.5 Å². The van der Waals surface area contributed by atoms with Crippen molar-refractivity contribution in [3.8, 4) is 11.1 Å². The van der Waals surface area contributed by atoms with Gasteiger partial charge in [0.1, 0.15) is 0 Å². The summed E-state index contributed by atoms with van der Waals surface area (Å²) in [5.41, 5.74) is 3.90. The summed E-state index contributed by atoms with van der Waals surface area (Å²) in [5, 5.41) is 2.98. The molecule has 156 valence electrons. The molecular formula is C23H22BrNO4S. The van der Waals surface area contributed by atoms with E-state index < -0.39 is 10.1 Å². The summed E-state index contributed by atoms with van der Waals surface area (Å²) in [6.07, 6.45) is 1.31. The second kappa shape index (κ2) is 10.0. The summed E-state index contributed by atoms with van der Waals surface area (Å²) in [4.78, 5) is 13.2. The van der Waals surface area contributed by atoms with Crippen molar-refractivity contribution in [2.75, 3.05) is 12.9 Å². The average molecular weight is 488 g/mol. The lowest BCUT2D eigenvalue weighted by molar-refractivity contribution is 0.0950. The number of carbonyl (C=O) groups excluding carboxylic acids is 1. The fraction of sp³-hybridized carbons (Fsp3) is 0.174. The largest absolute Gasteiger partial charge is 0.348 e. The lowest BCUT2D eigenvalue weighted by Crippen LogP contribution is -2.25. The van der Waals surface area contributed by atoms with Crippen LogP contribution in [0.25, 0.3) is 11.1 Å². The zero-order valence-electron chi connectivity index (χ0n) is 16.5. The van der Waals surface area contributed by atoms with Gasteiger partial charge in [-0.05, 0) is 40.8 Å². The van der Waals surface area contributed by atoms with Gasteiger partial charge in [-0.15, -0.1) is 0 Å². The van der Waals surface area contributed by atoms with Crippen LogP contribution in [0.5, 0.6) is 0 Å². The third-order valence-corrected chi connectivity index (χ3v) is 5.57.